The molecule has 1 aliphatic heterocycles. The lowest BCUT2D eigenvalue weighted by Gasteiger charge is -2.38. The molecule has 0 spiro atoms. The van der Waals surface area contributed by atoms with Gasteiger partial charge in [0.05, 0.1) is 5.56 Å². The number of rotatable bonds is 2. The van der Waals surface area contributed by atoms with Crippen LogP contribution >= 0.6 is 0 Å². The van der Waals surface area contributed by atoms with Crippen LogP contribution in [0.1, 0.15) is 22.1 Å². The highest BCUT2D eigenvalue weighted by atomic mass is 19.1. The molecule has 4 heteroatoms. The fourth-order valence-corrected chi connectivity index (χ4v) is 3.01. The fraction of sp³-hybridized carbons (Fsp3) is 0.0500. The summed E-state index contributed by atoms with van der Waals surface area (Å²) in [5.41, 5.74) is 2.82. The van der Waals surface area contributed by atoms with Crippen molar-refractivity contribution in [3.05, 3.63) is 95.8 Å². The van der Waals surface area contributed by atoms with Gasteiger partial charge in [0.2, 0.25) is 0 Å². The van der Waals surface area contributed by atoms with Crippen LogP contribution in [-0.4, -0.2) is 5.91 Å². The summed E-state index contributed by atoms with van der Waals surface area (Å²) < 4.78 is 13.7. The van der Waals surface area contributed by atoms with Gasteiger partial charge in [-0.05, 0) is 35.9 Å². The van der Waals surface area contributed by atoms with Crippen LogP contribution in [0.2, 0.25) is 0 Å². The Balaban J connectivity index is 1.88. The number of nitrogens with one attached hydrogen (secondary N) is 1. The number of carbonyl (C=O) groups is 1. The van der Waals surface area contributed by atoms with E-state index in [9.17, 15) is 9.18 Å². The molecule has 24 heavy (non-hydrogen) atoms. The van der Waals surface area contributed by atoms with Crippen molar-refractivity contribution in [1.82, 2.24) is 0 Å². The topological polar surface area (TPSA) is 32.3 Å². The lowest BCUT2D eigenvalue weighted by Crippen LogP contribution is -2.43. The zero-order valence-corrected chi connectivity index (χ0v) is 12.8. The van der Waals surface area contributed by atoms with Gasteiger partial charge in [0, 0.05) is 11.4 Å². The van der Waals surface area contributed by atoms with Gasteiger partial charge in [0.25, 0.3) is 5.91 Å². The molecule has 0 aliphatic carbocycles. The number of amides is 1. The third-order valence-corrected chi connectivity index (χ3v) is 4.13. The third kappa shape index (κ3) is 2.42. The average Bonchev–Trinajstić information content (AvgIpc) is 2.62. The van der Waals surface area contributed by atoms with Crippen molar-refractivity contribution in [2.24, 2.45) is 0 Å². The Labute approximate surface area is 139 Å². The Morgan fingerprint density at radius 3 is 2.42 bits per heavy atom. The van der Waals surface area contributed by atoms with Crippen molar-refractivity contribution in [3.8, 4) is 0 Å². The second-order valence-electron chi connectivity index (χ2n) is 5.66. The molecule has 0 saturated carbocycles. The van der Waals surface area contributed by atoms with Gasteiger partial charge in [0.1, 0.15) is 12.0 Å². The smallest absolute Gasteiger partial charge is 0.262 e. The van der Waals surface area contributed by atoms with Crippen LogP contribution < -0.4 is 10.2 Å². The number of anilines is 2. The molecule has 3 aromatic carbocycles. The van der Waals surface area contributed by atoms with Crippen molar-refractivity contribution in [2.75, 3.05) is 10.2 Å². The van der Waals surface area contributed by atoms with Crippen LogP contribution in [0, 0.1) is 5.82 Å². The summed E-state index contributed by atoms with van der Waals surface area (Å²) in [6.45, 7) is 0. The van der Waals surface area contributed by atoms with Crippen molar-refractivity contribution in [2.45, 2.75) is 6.17 Å². The fourth-order valence-electron chi connectivity index (χ4n) is 3.01. The Kier molecular flexibility index (Phi) is 3.50. The molecule has 3 nitrogen and oxygen atoms in total. The Hall–Kier alpha value is -3.14. The molecule has 1 aliphatic rings. The molecule has 4 rings (SSSR count). The standard InChI is InChI=1S/C20H15FN2O/c21-15-9-6-10-16(13-15)23-19(14-7-2-1-3-8-14)22-18-12-5-4-11-17(18)20(23)24/h1-13,19,22H. The molecule has 118 valence electrons. The number of fused-ring (bicyclic) bond motifs is 1. The first-order valence-corrected chi connectivity index (χ1v) is 7.74. The SMILES string of the molecule is O=C1c2ccccc2NC(c2ccccc2)N1c1cccc(F)c1. The predicted octanol–water partition coefficient (Wildman–Crippen LogP) is 4.60. The van der Waals surface area contributed by atoms with Gasteiger partial charge in [-0.1, -0.05) is 48.5 Å². The number of para-hydroxylation sites is 1. The quantitative estimate of drug-likeness (QED) is 0.749. The second-order valence-corrected chi connectivity index (χ2v) is 5.66. The van der Waals surface area contributed by atoms with Crippen LogP contribution in [0.3, 0.4) is 0 Å². The lowest BCUT2D eigenvalue weighted by atomic mass is 10.0. The van der Waals surface area contributed by atoms with Crippen LogP contribution in [-0.2, 0) is 0 Å². The molecular formula is C20H15FN2O. The number of hydrogen-bond acceptors (Lipinski definition) is 2. The molecule has 1 unspecified atom stereocenters. The second kappa shape index (κ2) is 5.81. The lowest BCUT2D eigenvalue weighted by molar-refractivity contribution is 0.0975. The van der Waals surface area contributed by atoms with E-state index in [0.717, 1.165) is 11.3 Å². The first-order valence-electron chi connectivity index (χ1n) is 7.74. The van der Waals surface area contributed by atoms with E-state index >= 15 is 0 Å². The molecule has 1 amide bonds. The van der Waals surface area contributed by atoms with Gasteiger partial charge in [0.15, 0.2) is 0 Å². The van der Waals surface area contributed by atoms with Crippen molar-refractivity contribution in [3.63, 3.8) is 0 Å². The number of carbonyl (C=O) groups excluding carboxylic acids is 1. The van der Waals surface area contributed by atoms with E-state index in [4.69, 9.17) is 0 Å². The van der Waals surface area contributed by atoms with Crippen molar-refractivity contribution < 1.29 is 9.18 Å². The van der Waals surface area contributed by atoms with Gasteiger partial charge in [-0.25, -0.2) is 4.39 Å². The summed E-state index contributed by atoms with van der Waals surface area (Å²) in [5.74, 6) is -0.519. The van der Waals surface area contributed by atoms with E-state index in [0.29, 0.717) is 11.3 Å². The minimum atomic E-state index is -0.393. The molecule has 3 aromatic rings. The third-order valence-electron chi connectivity index (χ3n) is 4.13. The molecule has 1 N–H and O–H groups in total. The minimum absolute atomic E-state index is 0.149. The maximum atomic E-state index is 13.7. The highest BCUT2D eigenvalue weighted by Gasteiger charge is 2.33. The van der Waals surface area contributed by atoms with Gasteiger partial charge in [-0.15, -0.1) is 0 Å². The minimum Gasteiger partial charge on any atom is -0.360 e. The van der Waals surface area contributed by atoms with E-state index in [1.54, 1.807) is 23.1 Å². The molecular weight excluding hydrogens is 303 g/mol. The molecule has 0 aromatic heterocycles. The number of halogens is 1. The van der Waals surface area contributed by atoms with Crippen LogP contribution in [0.15, 0.2) is 78.9 Å². The normalized spacial score (nSPS) is 16.5. The van der Waals surface area contributed by atoms with E-state index in [1.165, 1.54) is 12.1 Å². The van der Waals surface area contributed by atoms with E-state index < -0.39 is 6.17 Å². The van der Waals surface area contributed by atoms with E-state index in [-0.39, 0.29) is 11.7 Å². The van der Waals surface area contributed by atoms with Crippen LogP contribution in [0.25, 0.3) is 0 Å². The van der Waals surface area contributed by atoms with Gasteiger partial charge >= 0.3 is 0 Å². The molecule has 0 bridgehead atoms. The van der Waals surface area contributed by atoms with Gasteiger partial charge < -0.3 is 5.32 Å². The van der Waals surface area contributed by atoms with Crippen molar-refractivity contribution >= 4 is 17.3 Å². The van der Waals surface area contributed by atoms with E-state index in [2.05, 4.69) is 5.32 Å². The largest absolute Gasteiger partial charge is 0.360 e. The predicted molar refractivity (Wildman–Crippen MR) is 92.5 cm³/mol. The monoisotopic (exact) mass is 318 g/mol. The summed E-state index contributed by atoms with van der Waals surface area (Å²) in [6.07, 6.45) is -0.393. The summed E-state index contributed by atoms with van der Waals surface area (Å²) >= 11 is 0. The zero-order chi connectivity index (χ0) is 16.5. The number of benzene rings is 3. The van der Waals surface area contributed by atoms with E-state index in [1.807, 2.05) is 48.5 Å². The zero-order valence-electron chi connectivity index (χ0n) is 12.8. The van der Waals surface area contributed by atoms with Gasteiger partial charge in [-0.2, -0.15) is 0 Å². The average molecular weight is 318 g/mol. The number of nitrogens with zero attached hydrogens (tertiary/aromatic N) is 1. The summed E-state index contributed by atoms with van der Waals surface area (Å²) in [5, 5.41) is 3.39. The van der Waals surface area contributed by atoms with Gasteiger partial charge in [-0.3, -0.25) is 9.69 Å². The first kappa shape index (κ1) is 14.5. The maximum absolute atomic E-state index is 13.7. The Bertz CT molecular complexity index is 895. The highest BCUT2D eigenvalue weighted by molar-refractivity contribution is 6.12. The van der Waals surface area contributed by atoms with Crippen LogP contribution in [0.4, 0.5) is 15.8 Å². The first-order chi connectivity index (χ1) is 11.7. The highest BCUT2D eigenvalue weighted by Crippen LogP contribution is 2.36. The Morgan fingerprint density at radius 1 is 0.875 bits per heavy atom. The molecule has 0 saturated heterocycles. The van der Waals surface area contributed by atoms with Crippen LogP contribution in [0.5, 0.6) is 0 Å². The molecule has 0 fully saturated rings. The maximum Gasteiger partial charge on any atom is 0.262 e. The molecule has 1 heterocycles. The summed E-state index contributed by atoms with van der Waals surface area (Å²) in [4.78, 5) is 14.7. The summed E-state index contributed by atoms with van der Waals surface area (Å²) in [6, 6.07) is 23.1. The summed E-state index contributed by atoms with van der Waals surface area (Å²) in [7, 11) is 0. The molecule has 0 radical (unpaired) electrons. The van der Waals surface area contributed by atoms with Crippen molar-refractivity contribution in [1.29, 1.82) is 0 Å². The molecule has 1 atom stereocenters. The Morgan fingerprint density at radius 2 is 1.62 bits per heavy atom. The number of hydrogen-bond donors (Lipinski definition) is 1.